The predicted molar refractivity (Wildman–Crippen MR) is 84.7 cm³/mol. The molecule has 1 aliphatic rings. The van der Waals surface area contributed by atoms with Gasteiger partial charge in [0.05, 0.1) is 0 Å². The standard InChI is InChI=1S/C19H19F2NO/c20-16-8-5-14(6-9-16)7-12-19(23)22(17-10-11-17)13-15-3-1-2-4-18(15)21/h1-6,8-9,17H,7,10-13H2. The van der Waals surface area contributed by atoms with Gasteiger partial charge in [0.2, 0.25) is 5.91 Å². The Kier molecular flexibility index (Phi) is 4.70. The maximum atomic E-state index is 13.8. The van der Waals surface area contributed by atoms with Gasteiger partial charge in [0.25, 0.3) is 0 Å². The molecule has 0 saturated heterocycles. The van der Waals surface area contributed by atoms with Gasteiger partial charge in [-0.3, -0.25) is 4.79 Å². The molecule has 0 N–H and O–H groups in total. The summed E-state index contributed by atoms with van der Waals surface area (Å²) in [5.74, 6) is -0.524. The van der Waals surface area contributed by atoms with E-state index in [9.17, 15) is 13.6 Å². The molecule has 2 nitrogen and oxygen atoms in total. The van der Waals surface area contributed by atoms with E-state index in [0.717, 1.165) is 18.4 Å². The average molecular weight is 315 g/mol. The first-order valence-electron chi connectivity index (χ1n) is 7.91. The van der Waals surface area contributed by atoms with Crippen molar-refractivity contribution in [3.05, 3.63) is 71.3 Å². The second-order valence-electron chi connectivity index (χ2n) is 5.97. The number of halogens is 2. The van der Waals surface area contributed by atoms with E-state index < -0.39 is 0 Å². The van der Waals surface area contributed by atoms with E-state index in [2.05, 4.69) is 0 Å². The Bertz CT molecular complexity index is 680. The number of aryl methyl sites for hydroxylation is 1. The number of rotatable bonds is 6. The summed E-state index contributed by atoms with van der Waals surface area (Å²) >= 11 is 0. The van der Waals surface area contributed by atoms with Crippen LogP contribution in [-0.4, -0.2) is 16.8 Å². The quantitative estimate of drug-likeness (QED) is 0.786. The van der Waals surface area contributed by atoms with Crippen LogP contribution < -0.4 is 0 Å². The van der Waals surface area contributed by atoms with Crippen molar-refractivity contribution in [3.63, 3.8) is 0 Å². The zero-order valence-electron chi connectivity index (χ0n) is 12.8. The van der Waals surface area contributed by atoms with Gasteiger partial charge in [0.1, 0.15) is 11.6 Å². The third-order valence-electron chi connectivity index (χ3n) is 4.15. The molecular formula is C19H19F2NO. The first-order valence-corrected chi connectivity index (χ1v) is 7.91. The van der Waals surface area contributed by atoms with Crippen molar-refractivity contribution in [2.75, 3.05) is 0 Å². The van der Waals surface area contributed by atoms with Gasteiger partial charge >= 0.3 is 0 Å². The molecule has 4 heteroatoms. The van der Waals surface area contributed by atoms with Gasteiger partial charge in [-0.1, -0.05) is 30.3 Å². The maximum absolute atomic E-state index is 13.8. The van der Waals surface area contributed by atoms with Gasteiger partial charge in [-0.2, -0.15) is 0 Å². The largest absolute Gasteiger partial charge is 0.335 e. The number of carbonyl (C=O) groups is 1. The molecule has 2 aromatic carbocycles. The Morgan fingerprint density at radius 1 is 1.04 bits per heavy atom. The normalized spacial score (nSPS) is 13.8. The molecule has 1 fully saturated rings. The molecule has 0 aliphatic heterocycles. The minimum atomic E-state index is -0.278. The summed E-state index contributed by atoms with van der Waals surface area (Å²) in [6, 6.07) is 13.0. The van der Waals surface area contributed by atoms with Crippen molar-refractivity contribution < 1.29 is 13.6 Å². The smallest absolute Gasteiger partial charge is 0.223 e. The van der Waals surface area contributed by atoms with Gasteiger partial charge in [-0.25, -0.2) is 8.78 Å². The van der Waals surface area contributed by atoms with E-state index in [1.54, 1.807) is 35.2 Å². The van der Waals surface area contributed by atoms with E-state index >= 15 is 0 Å². The van der Waals surface area contributed by atoms with E-state index in [-0.39, 0.29) is 23.6 Å². The molecule has 0 heterocycles. The van der Waals surface area contributed by atoms with Crippen LogP contribution in [0.1, 0.15) is 30.4 Å². The van der Waals surface area contributed by atoms with Crippen molar-refractivity contribution in [2.45, 2.75) is 38.3 Å². The molecule has 3 rings (SSSR count). The summed E-state index contributed by atoms with van der Waals surface area (Å²) in [5, 5.41) is 0. The van der Waals surface area contributed by atoms with Crippen LogP contribution in [0.3, 0.4) is 0 Å². The Hall–Kier alpha value is -2.23. The molecule has 1 amide bonds. The van der Waals surface area contributed by atoms with Crippen molar-refractivity contribution in [2.24, 2.45) is 0 Å². The fourth-order valence-electron chi connectivity index (χ4n) is 2.66. The van der Waals surface area contributed by atoms with E-state index in [1.165, 1.54) is 18.2 Å². The number of hydrogen-bond acceptors (Lipinski definition) is 1. The predicted octanol–water partition coefficient (Wildman–Crippen LogP) is 4.09. The number of nitrogens with zero attached hydrogens (tertiary/aromatic N) is 1. The summed E-state index contributed by atoms with van der Waals surface area (Å²) in [4.78, 5) is 14.3. The Balaban J connectivity index is 1.63. The second-order valence-corrected chi connectivity index (χ2v) is 5.97. The van der Waals surface area contributed by atoms with Crippen molar-refractivity contribution in [1.82, 2.24) is 4.90 Å². The van der Waals surface area contributed by atoms with E-state index in [4.69, 9.17) is 0 Å². The van der Waals surface area contributed by atoms with Crippen LogP contribution in [0.4, 0.5) is 8.78 Å². The monoisotopic (exact) mass is 315 g/mol. The Labute approximate surface area is 134 Å². The van der Waals surface area contributed by atoms with Crippen molar-refractivity contribution >= 4 is 5.91 Å². The number of benzene rings is 2. The summed E-state index contributed by atoms with van der Waals surface area (Å²) in [5.41, 5.74) is 1.48. The lowest BCUT2D eigenvalue weighted by Gasteiger charge is -2.23. The third-order valence-corrected chi connectivity index (χ3v) is 4.15. The van der Waals surface area contributed by atoms with Crippen molar-refractivity contribution in [3.8, 4) is 0 Å². The van der Waals surface area contributed by atoms with Gasteiger partial charge in [0.15, 0.2) is 0 Å². The molecule has 1 saturated carbocycles. The lowest BCUT2D eigenvalue weighted by Crippen LogP contribution is -2.33. The second kappa shape index (κ2) is 6.90. The number of carbonyl (C=O) groups excluding carboxylic acids is 1. The first-order chi connectivity index (χ1) is 11.1. The molecular weight excluding hydrogens is 296 g/mol. The van der Waals surface area contributed by atoms with Crippen LogP contribution in [0.5, 0.6) is 0 Å². The first kappa shape index (κ1) is 15.7. The highest BCUT2D eigenvalue weighted by Gasteiger charge is 2.32. The fourth-order valence-corrected chi connectivity index (χ4v) is 2.66. The fraction of sp³-hybridized carbons (Fsp3) is 0.316. The summed E-state index contributed by atoms with van der Waals surface area (Å²) in [7, 11) is 0. The molecule has 0 atom stereocenters. The van der Waals surface area contributed by atoms with Gasteiger partial charge in [-0.15, -0.1) is 0 Å². The highest BCUT2D eigenvalue weighted by atomic mass is 19.1. The van der Waals surface area contributed by atoms with E-state index in [1.807, 2.05) is 0 Å². The number of hydrogen-bond donors (Lipinski definition) is 0. The lowest BCUT2D eigenvalue weighted by molar-refractivity contribution is -0.132. The molecule has 0 aromatic heterocycles. The zero-order valence-corrected chi connectivity index (χ0v) is 12.8. The lowest BCUT2D eigenvalue weighted by atomic mass is 10.1. The van der Waals surface area contributed by atoms with Crippen LogP contribution in [0, 0.1) is 11.6 Å². The molecule has 23 heavy (non-hydrogen) atoms. The van der Waals surface area contributed by atoms with Gasteiger partial charge < -0.3 is 4.90 Å². The average Bonchev–Trinajstić information content (AvgIpc) is 3.38. The van der Waals surface area contributed by atoms with Crippen LogP contribution in [0.15, 0.2) is 48.5 Å². The molecule has 0 unspecified atom stereocenters. The van der Waals surface area contributed by atoms with Crippen LogP contribution >= 0.6 is 0 Å². The minimum Gasteiger partial charge on any atom is -0.335 e. The topological polar surface area (TPSA) is 20.3 Å². The van der Waals surface area contributed by atoms with Gasteiger partial charge in [0, 0.05) is 24.6 Å². The zero-order chi connectivity index (χ0) is 16.2. The minimum absolute atomic E-state index is 0.0279. The molecule has 0 bridgehead atoms. The highest BCUT2D eigenvalue weighted by molar-refractivity contribution is 5.77. The summed E-state index contributed by atoms with van der Waals surface area (Å²) in [6.45, 7) is 0.319. The third kappa shape index (κ3) is 4.15. The van der Waals surface area contributed by atoms with E-state index in [0.29, 0.717) is 24.9 Å². The van der Waals surface area contributed by atoms with Crippen molar-refractivity contribution in [1.29, 1.82) is 0 Å². The summed E-state index contributed by atoms with van der Waals surface area (Å²) in [6.07, 6.45) is 2.89. The maximum Gasteiger partial charge on any atom is 0.223 e. The van der Waals surface area contributed by atoms with Crippen LogP contribution in [0.25, 0.3) is 0 Å². The molecule has 0 spiro atoms. The molecule has 120 valence electrons. The van der Waals surface area contributed by atoms with Crippen LogP contribution in [-0.2, 0) is 17.8 Å². The summed E-state index contributed by atoms with van der Waals surface area (Å²) < 4.78 is 26.7. The Morgan fingerprint density at radius 2 is 1.74 bits per heavy atom. The van der Waals surface area contributed by atoms with Crippen LogP contribution in [0.2, 0.25) is 0 Å². The molecule has 2 aromatic rings. The Morgan fingerprint density at radius 3 is 2.39 bits per heavy atom. The molecule has 0 radical (unpaired) electrons. The molecule has 1 aliphatic carbocycles. The number of amides is 1. The highest BCUT2D eigenvalue weighted by Crippen LogP contribution is 2.29. The van der Waals surface area contributed by atoms with Gasteiger partial charge in [-0.05, 0) is 43.0 Å². The SMILES string of the molecule is O=C(CCc1ccc(F)cc1)N(Cc1ccccc1F)C1CC1.